The quantitative estimate of drug-likeness (QED) is 0.825. The van der Waals surface area contributed by atoms with Gasteiger partial charge in [0.25, 0.3) is 5.91 Å². The zero-order valence-corrected chi connectivity index (χ0v) is 10.5. The molecule has 1 aliphatic rings. The number of hydrogen-bond acceptors (Lipinski definition) is 3. The van der Waals surface area contributed by atoms with Crippen molar-refractivity contribution in [2.75, 3.05) is 6.54 Å². The molecule has 1 aromatic heterocycles. The molecule has 5 nitrogen and oxygen atoms in total. The van der Waals surface area contributed by atoms with Gasteiger partial charge in [-0.3, -0.25) is 9.59 Å². The third-order valence-corrected chi connectivity index (χ3v) is 3.32. The van der Waals surface area contributed by atoms with Gasteiger partial charge in [0.2, 0.25) is 0 Å². The van der Waals surface area contributed by atoms with E-state index in [1.807, 2.05) is 0 Å². The maximum atomic E-state index is 11.7. The minimum atomic E-state index is -0.839. The third kappa shape index (κ3) is 2.63. The Labute approximate surface area is 106 Å². The number of nitrogens with zero attached hydrogens (tertiary/aromatic N) is 1. The molecule has 90 valence electrons. The van der Waals surface area contributed by atoms with Crippen molar-refractivity contribution in [1.29, 1.82) is 0 Å². The Bertz CT molecular complexity index is 472. The third-order valence-electron chi connectivity index (χ3n) is 2.88. The van der Waals surface area contributed by atoms with Gasteiger partial charge in [-0.25, -0.2) is 4.98 Å². The van der Waals surface area contributed by atoms with Crippen LogP contribution < -0.4 is 5.32 Å². The lowest BCUT2D eigenvalue weighted by Gasteiger charge is -2.11. The van der Waals surface area contributed by atoms with Gasteiger partial charge in [0, 0.05) is 18.3 Å². The number of aromatic nitrogens is 1. The van der Waals surface area contributed by atoms with Gasteiger partial charge in [-0.15, -0.1) is 0 Å². The van der Waals surface area contributed by atoms with Crippen LogP contribution in [0, 0.1) is 5.41 Å². The van der Waals surface area contributed by atoms with Crippen molar-refractivity contribution in [3.63, 3.8) is 0 Å². The van der Waals surface area contributed by atoms with Gasteiger partial charge in [-0.2, -0.15) is 0 Å². The second-order valence-electron chi connectivity index (χ2n) is 4.14. The highest BCUT2D eigenvalue weighted by molar-refractivity contribution is 9.10. The Morgan fingerprint density at radius 1 is 1.53 bits per heavy atom. The molecule has 0 aliphatic heterocycles. The topological polar surface area (TPSA) is 79.3 Å². The summed E-state index contributed by atoms with van der Waals surface area (Å²) in [6, 6.07) is 3.18. The van der Waals surface area contributed by atoms with E-state index < -0.39 is 11.4 Å². The minimum Gasteiger partial charge on any atom is -0.481 e. The van der Waals surface area contributed by atoms with E-state index >= 15 is 0 Å². The first kappa shape index (κ1) is 12.0. The summed E-state index contributed by atoms with van der Waals surface area (Å²) in [5, 5.41) is 11.6. The van der Waals surface area contributed by atoms with Gasteiger partial charge in [-0.1, -0.05) is 0 Å². The molecule has 2 N–H and O–H groups in total. The number of amides is 1. The molecule has 0 saturated heterocycles. The van der Waals surface area contributed by atoms with Crippen LogP contribution in [0.15, 0.2) is 22.9 Å². The summed E-state index contributed by atoms with van der Waals surface area (Å²) in [6.07, 6.45) is 2.77. The van der Waals surface area contributed by atoms with Gasteiger partial charge in [-0.05, 0) is 40.9 Å². The predicted octanol–water partition coefficient (Wildman–Crippen LogP) is 1.44. The van der Waals surface area contributed by atoms with E-state index in [0.29, 0.717) is 23.0 Å². The fourth-order valence-corrected chi connectivity index (χ4v) is 1.88. The van der Waals surface area contributed by atoms with Crippen LogP contribution in [0.2, 0.25) is 0 Å². The smallest absolute Gasteiger partial charge is 0.311 e. The maximum Gasteiger partial charge on any atom is 0.311 e. The van der Waals surface area contributed by atoms with Crippen molar-refractivity contribution in [2.24, 2.45) is 5.41 Å². The second kappa shape index (κ2) is 4.44. The van der Waals surface area contributed by atoms with Gasteiger partial charge in [0.1, 0.15) is 4.60 Å². The van der Waals surface area contributed by atoms with Crippen molar-refractivity contribution >= 4 is 27.8 Å². The summed E-state index contributed by atoms with van der Waals surface area (Å²) < 4.78 is 0.574. The monoisotopic (exact) mass is 298 g/mol. The fourth-order valence-electron chi connectivity index (χ4n) is 1.51. The Balaban J connectivity index is 1.96. The van der Waals surface area contributed by atoms with E-state index in [4.69, 9.17) is 5.11 Å². The number of carbonyl (C=O) groups is 2. The van der Waals surface area contributed by atoms with E-state index in [2.05, 4.69) is 26.2 Å². The lowest BCUT2D eigenvalue weighted by molar-refractivity contribution is -0.143. The molecule has 0 atom stereocenters. The molecular weight excluding hydrogens is 288 g/mol. The number of rotatable bonds is 4. The van der Waals surface area contributed by atoms with E-state index in [0.717, 1.165) is 0 Å². The Kier molecular flexibility index (Phi) is 3.15. The van der Waals surface area contributed by atoms with Gasteiger partial charge in [0.15, 0.2) is 0 Å². The average Bonchev–Trinajstić information content (AvgIpc) is 3.07. The lowest BCUT2D eigenvalue weighted by atomic mass is 10.1. The lowest BCUT2D eigenvalue weighted by Crippen LogP contribution is -2.34. The molecule has 1 aromatic rings. The van der Waals surface area contributed by atoms with Crippen LogP contribution in [0.1, 0.15) is 23.2 Å². The molecule has 1 aliphatic carbocycles. The standard InChI is InChI=1S/C11H11BrN2O3/c12-8-5-7(1-4-13-8)9(15)14-6-11(2-3-11)10(16)17/h1,4-5H,2-3,6H2,(H,14,15)(H,16,17). The van der Waals surface area contributed by atoms with Crippen LogP contribution in [-0.2, 0) is 4.79 Å². The Hall–Kier alpha value is -1.43. The first-order chi connectivity index (χ1) is 8.03. The highest BCUT2D eigenvalue weighted by Gasteiger charge is 2.50. The number of halogens is 1. The minimum absolute atomic E-state index is 0.182. The first-order valence-corrected chi connectivity index (χ1v) is 5.96. The second-order valence-corrected chi connectivity index (χ2v) is 4.95. The summed E-state index contributed by atoms with van der Waals surface area (Å²) in [5.74, 6) is -1.12. The summed E-state index contributed by atoms with van der Waals surface area (Å²) in [6.45, 7) is 0.182. The molecule has 6 heteroatoms. The summed E-state index contributed by atoms with van der Waals surface area (Å²) >= 11 is 3.17. The largest absolute Gasteiger partial charge is 0.481 e. The molecular formula is C11H11BrN2O3. The van der Waals surface area contributed by atoms with Crippen molar-refractivity contribution in [3.05, 3.63) is 28.5 Å². The number of carboxylic acids is 1. The molecule has 17 heavy (non-hydrogen) atoms. The number of nitrogens with one attached hydrogen (secondary N) is 1. The first-order valence-electron chi connectivity index (χ1n) is 5.17. The SMILES string of the molecule is O=C(NCC1(C(=O)O)CC1)c1ccnc(Br)c1. The van der Waals surface area contributed by atoms with Gasteiger partial charge in [0.05, 0.1) is 5.41 Å². The number of aliphatic carboxylic acids is 1. The fraction of sp³-hybridized carbons (Fsp3) is 0.364. The average molecular weight is 299 g/mol. The molecule has 0 aromatic carbocycles. The van der Waals surface area contributed by atoms with Crippen molar-refractivity contribution < 1.29 is 14.7 Å². The highest BCUT2D eigenvalue weighted by Crippen LogP contribution is 2.45. The maximum absolute atomic E-state index is 11.7. The molecule has 0 bridgehead atoms. The summed E-state index contributed by atoms with van der Waals surface area (Å²) in [7, 11) is 0. The van der Waals surface area contributed by atoms with Crippen molar-refractivity contribution in [3.8, 4) is 0 Å². The van der Waals surface area contributed by atoms with Crippen molar-refractivity contribution in [2.45, 2.75) is 12.8 Å². The van der Waals surface area contributed by atoms with Crippen LogP contribution >= 0.6 is 15.9 Å². The van der Waals surface area contributed by atoms with Crippen LogP contribution in [0.3, 0.4) is 0 Å². The molecule has 1 heterocycles. The van der Waals surface area contributed by atoms with Crippen LogP contribution in [0.4, 0.5) is 0 Å². The molecule has 2 rings (SSSR count). The molecule has 1 saturated carbocycles. The Morgan fingerprint density at radius 3 is 2.76 bits per heavy atom. The summed E-state index contributed by atoms with van der Waals surface area (Å²) in [4.78, 5) is 26.6. The van der Waals surface area contributed by atoms with Crippen molar-refractivity contribution in [1.82, 2.24) is 10.3 Å². The zero-order chi connectivity index (χ0) is 12.5. The molecule has 0 unspecified atom stereocenters. The van der Waals surface area contributed by atoms with Gasteiger partial charge < -0.3 is 10.4 Å². The van der Waals surface area contributed by atoms with E-state index in [9.17, 15) is 9.59 Å². The number of carboxylic acid groups (broad SMARTS) is 1. The number of hydrogen-bond donors (Lipinski definition) is 2. The predicted molar refractivity (Wildman–Crippen MR) is 63.6 cm³/mol. The van der Waals surface area contributed by atoms with Crippen LogP contribution in [-0.4, -0.2) is 28.5 Å². The number of pyridine rings is 1. The molecule has 0 spiro atoms. The summed E-state index contributed by atoms with van der Waals surface area (Å²) in [5.41, 5.74) is -0.270. The van der Waals surface area contributed by atoms with E-state index in [1.165, 1.54) is 6.20 Å². The Morgan fingerprint density at radius 2 is 2.24 bits per heavy atom. The highest BCUT2D eigenvalue weighted by atomic mass is 79.9. The van der Waals surface area contributed by atoms with Crippen LogP contribution in [0.5, 0.6) is 0 Å². The molecule has 1 amide bonds. The molecule has 0 radical (unpaired) electrons. The van der Waals surface area contributed by atoms with Crippen LogP contribution in [0.25, 0.3) is 0 Å². The van der Waals surface area contributed by atoms with E-state index in [-0.39, 0.29) is 12.5 Å². The zero-order valence-electron chi connectivity index (χ0n) is 8.94. The normalized spacial score (nSPS) is 16.3. The van der Waals surface area contributed by atoms with Gasteiger partial charge >= 0.3 is 5.97 Å². The number of carbonyl (C=O) groups excluding carboxylic acids is 1. The molecule has 1 fully saturated rings. The van der Waals surface area contributed by atoms with E-state index in [1.54, 1.807) is 12.1 Å².